The van der Waals surface area contributed by atoms with E-state index in [1.807, 2.05) is 26.2 Å². The average molecular weight is 437 g/mol. The Morgan fingerprint density at radius 3 is 2.57 bits per heavy atom. The maximum atomic E-state index is 12.8. The molecule has 164 valence electrons. The number of nitrogens with one attached hydrogen (secondary N) is 1. The number of carbonyl (C=O) groups is 2. The molecule has 0 aromatic carbocycles. The lowest BCUT2D eigenvalue weighted by atomic mass is 9.96. The number of aromatic nitrogens is 4. The van der Waals surface area contributed by atoms with E-state index in [0.29, 0.717) is 50.8 Å². The predicted molar refractivity (Wildman–Crippen MR) is 111 cm³/mol. The Morgan fingerprint density at radius 1 is 1.27 bits per heavy atom. The summed E-state index contributed by atoms with van der Waals surface area (Å²) in [6.45, 7) is 8.09. The number of anilines is 1. The number of carbonyl (C=O) groups excluding carboxylic acids is 2. The molecule has 0 spiro atoms. The van der Waals surface area contributed by atoms with Gasteiger partial charge in [0.2, 0.25) is 5.91 Å². The third kappa shape index (κ3) is 5.83. The molecule has 1 fully saturated rings. The van der Waals surface area contributed by atoms with Crippen LogP contribution in [0.25, 0.3) is 0 Å². The number of ether oxygens (including phenoxy) is 2. The van der Waals surface area contributed by atoms with E-state index >= 15 is 0 Å². The van der Waals surface area contributed by atoms with E-state index < -0.39 is 6.29 Å². The summed E-state index contributed by atoms with van der Waals surface area (Å²) in [5.74, 6) is -0.354. The van der Waals surface area contributed by atoms with Gasteiger partial charge in [-0.1, -0.05) is 5.21 Å². The smallest absolute Gasteiger partial charge is 0.276 e. The number of rotatable bonds is 9. The second-order valence-corrected chi connectivity index (χ2v) is 7.87. The minimum Gasteiger partial charge on any atom is -0.351 e. The highest BCUT2D eigenvalue weighted by atomic mass is 32.1. The molecule has 2 aromatic heterocycles. The van der Waals surface area contributed by atoms with Crippen LogP contribution in [0.5, 0.6) is 0 Å². The number of piperidine rings is 1. The van der Waals surface area contributed by atoms with Crippen LogP contribution in [0.4, 0.5) is 5.13 Å². The average Bonchev–Trinajstić information content (AvgIpc) is 3.37. The Hall–Kier alpha value is -2.37. The minimum atomic E-state index is -0.430. The summed E-state index contributed by atoms with van der Waals surface area (Å²) in [7, 11) is 0. The van der Waals surface area contributed by atoms with Gasteiger partial charge in [-0.2, -0.15) is 0 Å². The van der Waals surface area contributed by atoms with Gasteiger partial charge in [-0.25, -0.2) is 9.67 Å². The number of likely N-dealkylation sites (tertiary alicyclic amines) is 1. The van der Waals surface area contributed by atoms with Gasteiger partial charge in [0.05, 0.1) is 18.4 Å². The third-order valence-corrected chi connectivity index (χ3v) is 5.68. The molecule has 2 aromatic rings. The van der Waals surface area contributed by atoms with Crippen molar-refractivity contribution < 1.29 is 19.1 Å². The molecule has 2 amide bonds. The van der Waals surface area contributed by atoms with Crippen LogP contribution in [-0.4, -0.2) is 69.3 Å². The highest BCUT2D eigenvalue weighted by molar-refractivity contribution is 7.13. The summed E-state index contributed by atoms with van der Waals surface area (Å²) in [6.07, 6.45) is 2.39. The van der Waals surface area contributed by atoms with Crippen LogP contribution < -0.4 is 5.32 Å². The lowest BCUT2D eigenvalue weighted by molar-refractivity contribution is -0.145. The normalized spacial score (nSPS) is 15.0. The molecule has 1 aliphatic heterocycles. The fourth-order valence-corrected chi connectivity index (χ4v) is 3.98. The van der Waals surface area contributed by atoms with E-state index in [4.69, 9.17) is 9.47 Å². The number of amides is 2. The Balaban J connectivity index is 1.50. The Kier molecular flexibility index (Phi) is 7.88. The lowest BCUT2D eigenvalue weighted by Gasteiger charge is -2.30. The molecular weight excluding hydrogens is 408 g/mol. The van der Waals surface area contributed by atoms with Crippen LogP contribution in [0.3, 0.4) is 0 Å². The largest absolute Gasteiger partial charge is 0.351 e. The van der Waals surface area contributed by atoms with Gasteiger partial charge in [-0.3, -0.25) is 9.59 Å². The van der Waals surface area contributed by atoms with Crippen LogP contribution in [0.15, 0.2) is 11.6 Å². The van der Waals surface area contributed by atoms with E-state index in [1.165, 1.54) is 11.3 Å². The van der Waals surface area contributed by atoms with Crippen molar-refractivity contribution in [2.45, 2.75) is 46.4 Å². The second kappa shape index (κ2) is 10.6. The number of hydrogen-bond acceptors (Lipinski definition) is 8. The van der Waals surface area contributed by atoms with Crippen LogP contribution in [0.1, 0.15) is 42.9 Å². The molecule has 3 rings (SSSR count). The van der Waals surface area contributed by atoms with Crippen LogP contribution in [0, 0.1) is 12.8 Å². The zero-order valence-electron chi connectivity index (χ0n) is 17.5. The molecule has 10 nitrogen and oxygen atoms in total. The lowest BCUT2D eigenvalue weighted by Crippen LogP contribution is -2.41. The fourth-order valence-electron chi connectivity index (χ4n) is 3.29. The molecule has 0 bridgehead atoms. The van der Waals surface area contributed by atoms with Crippen molar-refractivity contribution >= 4 is 28.3 Å². The minimum absolute atomic E-state index is 0.0414. The number of thiazole rings is 1. The Labute approximate surface area is 179 Å². The first-order valence-corrected chi connectivity index (χ1v) is 11.0. The first-order valence-electron chi connectivity index (χ1n) is 10.2. The summed E-state index contributed by atoms with van der Waals surface area (Å²) in [4.78, 5) is 31.2. The van der Waals surface area contributed by atoms with E-state index in [-0.39, 0.29) is 23.4 Å². The SMILES string of the molecule is CCOC(Cn1cc(C(=O)N2CCC(C(=O)Nc3nc(C)cs3)CC2)nn1)OCC. The summed E-state index contributed by atoms with van der Waals surface area (Å²) in [5, 5.41) is 13.4. The topological polar surface area (TPSA) is 111 Å². The van der Waals surface area contributed by atoms with Gasteiger partial charge >= 0.3 is 0 Å². The van der Waals surface area contributed by atoms with E-state index in [9.17, 15) is 9.59 Å². The van der Waals surface area contributed by atoms with Crippen molar-refractivity contribution in [3.05, 3.63) is 23.0 Å². The zero-order valence-corrected chi connectivity index (χ0v) is 18.4. The van der Waals surface area contributed by atoms with Gasteiger partial charge in [0.25, 0.3) is 5.91 Å². The van der Waals surface area contributed by atoms with Crippen LogP contribution in [0.2, 0.25) is 0 Å². The van der Waals surface area contributed by atoms with Gasteiger partial charge in [-0.15, -0.1) is 16.4 Å². The molecule has 30 heavy (non-hydrogen) atoms. The molecule has 0 radical (unpaired) electrons. The number of aryl methyl sites for hydroxylation is 1. The van der Waals surface area contributed by atoms with E-state index in [1.54, 1.807) is 15.8 Å². The second-order valence-electron chi connectivity index (χ2n) is 7.02. The standard InChI is InChI=1S/C19H28N6O4S/c1-4-28-16(29-5-2)11-25-10-15(22-23-25)18(27)24-8-6-14(7-9-24)17(26)21-19-20-13(3)12-30-19/h10,12,14,16H,4-9,11H2,1-3H3,(H,20,21,26). The molecule has 1 saturated heterocycles. The molecule has 0 saturated carbocycles. The monoisotopic (exact) mass is 436 g/mol. The van der Waals surface area contributed by atoms with Crippen molar-refractivity contribution in [2.24, 2.45) is 5.92 Å². The first kappa shape index (κ1) is 22.3. The number of hydrogen-bond donors (Lipinski definition) is 1. The van der Waals surface area contributed by atoms with Crippen molar-refractivity contribution in [3.63, 3.8) is 0 Å². The van der Waals surface area contributed by atoms with Crippen LogP contribution >= 0.6 is 11.3 Å². The predicted octanol–water partition coefficient (Wildman–Crippen LogP) is 1.93. The van der Waals surface area contributed by atoms with Crippen LogP contribution in [-0.2, 0) is 20.8 Å². The summed E-state index contributed by atoms with van der Waals surface area (Å²) < 4.78 is 12.6. The zero-order chi connectivity index (χ0) is 21.5. The molecule has 1 N–H and O–H groups in total. The Morgan fingerprint density at radius 2 is 1.97 bits per heavy atom. The molecule has 0 unspecified atom stereocenters. The third-order valence-electron chi connectivity index (χ3n) is 4.80. The summed E-state index contributed by atoms with van der Waals surface area (Å²) >= 11 is 1.41. The number of nitrogens with zero attached hydrogens (tertiary/aromatic N) is 5. The van der Waals surface area contributed by atoms with Crippen molar-refractivity contribution in [3.8, 4) is 0 Å². The van der Waals surface area contributed by atoms with Gasteiger partial charge in [0.1, 0.15) is 0 Å². The van der Waals surface area contributed by atoms with Crippen molar-refractivity contribution in [1.29, 1.82) is 0 Å². The Bertz CT molecular complexity index is 840. The van der Waals surface area contributed by atoms with Crippen molar-refractivity contribution in [1.82, 2.24) is 24.9 Å². The highest BCUT2D eigenvalue weighted by Gasteiger charge is 2.29. The molecule has 1 aliphatic rings. The maximum absolute atomic E-state index is 12.8. The van der Waals surface area contributed by atoms with E-state index in [2.05, 4.69) is 20.6 Å². The highest BCUT2D eigenvalue weighted by Crippen LogP contribution is 2.22. The van der Waals surface area contributed by atoms with E-state index in [0.717, 1.165) is 5.69 Å². The maximum Gasteiger partial charge on any atom is 0.276 e. The van der Waals surface area contributed by atoms with Crippen molar-refractivity contribution in [2.75, 3.05) is 31.6 Å². The summed E-state index contributed by atoms with van der Waals surface area (Å²) in [5.41, 5.74) is 1.17. The molecule has 11 heteroatoms. The molecular formula is C19H28N6O4S. The quantitative estimate of drug-likeness (QED) is 0.598. The van der Waals surface area contributed by atoms with Gasteiger partial charge in [0, 0.05) is 37.6 Å². The fraction of sp³-hybridized carbons (Fsp3) is 0.632. The van der Waals surface area contributed by atoms with Gasteiger partial charge in [-0.05, 0) is 33.6 Å². The molecule has 0 atom stereocenters. The summed E-state index contributed by atoms with van der Waals surface area (Å²) in [6, 6.07) is 0. The first-order chi connectivity index (χ1) is 14.5. The van der Waals surface area contributed by atoms with Gasteiger partial charge in [0.15, 0.2) is 17.1 Å². The molecule has 3 heterocycles. The van der Waals surface area contributed by atoms with Gasteiger partial charge < -0.3 is 19.7 Å². The molecule has 0 aliphatic carbocycles.